The van der Waals surface area contributed by atoms with Crippen LogP contribution in [-0.2, 0) is 6.42 Å². The van der Waals surface area contributed by atoms with E-state index in [4.69, 9.17) is 15.2 Å². The fourth-order valence-corrected chi connectivity index (χ4v) is 4.15. The van der Waals surface area contributed by atoms with Crippen LogP contribution >= 0.6 is 0 Å². The summed E-state index contributed by atoms with van der Waals surface area (Å²) in [6.45, 7) is 2.18. The highest BCUT2D eigenvalue weighted by Gasteiger charge is 2.19. The maximum absolute atomic E-state index is 6.67. The molecule has 0 radical (unpaired) electrons. The summed E-state index contributed by atoms with van der Waals surface area (Å²) in [6, 6.07) is 22.2. The van der Waals surface area contributed by atoms with E-state index in [1.54, 1.807) is 0 Å². The molecular weight excluding hydrogens is 360 g/mol. The summed E-state index contributed by atoms with van der Waals surface area (Å²) in [5.41, 5.74) is 11.4. The molecule has 2 N–H and O–H groups in total. The lowest BCUT2D eigenvalue weighted by atomic mass is 9.94. The number of pyridine rings is 1. The van der Waals surface area contributed by atoms with E-state index in [9.17, 15) is 0 Å². The lowest BCUT2D eigenvalue weighted by Crippen LogP contribution is -2.20. The third-order valence-electron chi connectivity index (χ3n) is 5.64. The van der Waals surface area contributed by atoms with E-state index in [0.29, 0.717) is 6.42 Å². The van der Waals surface area contributed by atoms with Gasteiger partial charge < -0.3 is 15.2 Å². The molecule has 5 heteroatoms. The Morgan fingerprint density at radius 2 is 1.72 bits per heavy atom. The number of nitrogens with two attached hydrogens (primary N) is 1. The van der Waals surface area contributed by atoms with Gasteiger partial charge in [0, 0.05) is 42.2 Å². The second-order valence-corrected chi connectivity index (χ2v) is 7.61. The number of hydrogen-bond donors (Lipinski definition) is 1. The molecule has 5 nitrogen and oxygen atoms in total. The van der Waals surface area contributed by atoms with Gasteiger partial charge in [-0.05, 0) is 42.7 Å². The van der Waals surface area contributed by atoms with Crippen LogP contribution in [0.4, 0.5) is 5.82 Å². The Morgan fingerprint density at radius 1 is 0.931 bits per heavy atom. The average Bonchev–Trinajstić information content (AvgIpc) is 3.44. The molecule has 0 aliphatic carbocycles. The molecule has 1 atom stereocenters. The van der Waals surface area contributed by atoms with Crippen LogP contribution < -0.4 is 10.6 Å². The fraction of sp³-hybridized carbons (Fsp3) is 0.250. The predicted molar refractivity (Wildman–Crippen MR) is 116 cm³/mol. The zero-order valence-corrected chi connectivity index (χ0v) is 16.3. The summed E-state index contributed by atoms with van der Waals surface area (Å²) in [5, 5.41) is 5.33. The van der Waals surface area contributed by atoms with Gasteiger partial charge in [0.1, 0.15) is 11.5 Å². The Kier molecular flexibility index (Phi) is 4.74. The van der Waals surface area contributed by atoms with E-state index in [1.165, 1.54) is 12.8 Å². The number of aromatic nitrogens is 2. The zero-order valence-electron chi connectivity index (χ0n) is 16.3. The number of benzene rings is 2. The van der Waals surface area contributed by atoms with Crippen LogP contribution in [0.2, 0.25) is 0 Å². The molecule has 1 aliphatic rings. The van der Waals surface area contributed by atoms with Gasteiger partial charge >= 0.3 is 0 Å². The molecule has 29 heavy (non-hydrogen) atoms. The minimum atomic E-state index is -0.178. The van der Waals surface area contributed by atoms with Crippen molar-refractivity contribution in [3.05, 3.63) is 78.0 Å². The van der Waals surface area contributed by atoms with Crippen molar-refractivity contribution in [3.8, 4) is 11.3 Å². The lowest BCUT2D eigenvalue weighted by Gasteiger charge is -2.19. The van der Waals surface area contributed by atoms with Crippen LogP contribution in [0.5, 0.6) is 0 Å². The second-order valence-electron chi connectivity index (χ2n) is 7.61. The topological polar surface area (TPSA) is 68.2 Å². The van der Waals surface area contributed by atoms with E-state index >= 15 is 0 Å². The summed E-state index contributed by atoms with van der Waals surface area (Å²) >= 11 is 0. The third-order valence-corrected chi connectivity index (χ3v) is 5.64. The van der Waals surface area contributed by atoms with Gasteiger partial charge in [0.2, 0.25) is 0 Å². The van der Waals surface area contributed by atoms with E-state index in [0.717, 1.165) is 52.4 Å². The van der Waals surface area contributed by atoms with E-state index in [-0.39, 0.29) is 6.04 Å². The first-order chi connectivity index (χ1) is 14.3. The fourth-order valence-electron chi connectivity index (χ4n) is 4.15. The van der Waals surface area contributed by atoms with Crippen molar-refractivity contribution in [2.24, 2.45) is 5.73 Å². The van der Waals surface area contributed by atoms with Gasteiger partial charge in [0.25, 0.3) is 0 Å². The number of anilines is 1. The Balaban J connectivity index is 1.45. The maximum atomic E-state index is 6.67. The van der Waals surface area contributed by atoms with Gasteiger partial charge in [-0.2, -0.15) is 0 Å². The van der Waals surface area contributed by atoms with Gasteiger partial charge in [-0.15, -0.1) is 0 Å². The van der Waals surface area contributed by atoms with Crippen molar-refractivity contribution in [2.45, 2.75) is 25.3 Å². The zero-order chi connectivity index (χ0) is 19.6. The summed E-state index contributed by atoms with van der Waals surface area (Å²) in [5.74, 6) is 1.06. The second kappa shape index (κ2) is 7.68. The van der Waals surface area contributed by atoms with Crippen molar-refractivity contribution >= 4 is 16.8 Å². The van der Waals surface area contributed by atoms with Gasteiger partial charge in [-0.25, -0.2) is 4.98 Å². The van der Waals surface area contributed by atoms with Crippen LogP contribution in [0.15, 0.2) is 71.3 Å². The molecule has 2 aromatic carbocycles. The van der Waals surface area contributed by atoms with Crippen LogP contribution in [0.25, 0.3) is 22.2 Å². The first kappa shape index (κ1) is 17.9. The Labute approximate surface area is 170 Å². The normalized spacial score (nSPS) is 15.1. The summed E-state index contributed by atoms with van der Waals surface area (Å²) in [4.78, 5) is 7.23. The average molecular weight is 384 g/mol. The third kappa shape index (κ3) is 3.49. The molecule has 1 fully saturated rings. The SMILES string of the molecule is NC(Cc1cccc(N2CCCC2)n1)c1ccccc1-c1noc2ccccc12. The number of hydrogen-bond acceptors (Lipinski definition) is 5. The summed E-state index contributed by atoms with van der Waals surface area (Å²) in [6.07, 6.45) is 3.16. The molecule has 4 aromatic rings. The van der Waals surface area contributed by atoms with Crippen molar-refractivity contribution in [2.75, 3.05) is 18.0 Å². The molecule has 1 aliphatic heterocycles. The number of fused-ring (bicyclic) bond motifs is 1. The molecule has 0 bridgehead atoms. The summed E-state index contributed by atoms with van der Waals surface area (Å²) < 4.78 is 5.52. The molecule has 1 unspecified atom stereocenters. The smallest absolute Gasteiger partial charge is 0.167 e. The minimum absolute atomic E-state index is 0.178. The molecule has 146 valence electrons. The van der Waals surface area contributed by atoms with E-state index in [2.05, 4.69) is 40.4 Å². The molecule has 3 heterocycles. The summed E-state index contributed by atoms with van der Waals surface area (Å²) in [7, 11) is 0. The highest BCUT2D eigenvalue weighted by Crippen LogP contribution is 2.33. The van der Waals surface area contributed by atoms with Crippen LogP contribution in [0, 0.1) is 0 Å². The van der Waals surface area contributed by atoms with Gasteiger partial charge in [-0.3, -0.25) is 0 Å². The van der Waals surface area contributed by atoms with Gasteiger partial charge in [-0.1, -0.05) is 47.6 Å². The first-order valence-electron chi connectivity index (χ1n) is 10.2. The van der Waals surface area contributed by atoms with E-state index < -0.39 is 0 Å². The Bertz CT molecular complexity index is 1130. The molecule has 0 spiro atoms. The number of para-hydroxylation sites is 1. The maximum Gasteiger partial charge on any atom is 0.167 e. The highest BCUT2D eigenvalue weighted by atomic mass is 16.5. The van der Waals surface area contributed by atoms with Crippen molar-refractivity contribution in [1.29, 1.82) is 0 Å². The van der Waals surface area contributed by atoms with Crippen molar-refractivity contribution < 1.29 is 4.52 Å². The monoisotopic (exact) mass is 384 g/mol. The quantitative estimate of drug-likeness (QED) is 0.539. The predicted octanol–water partition coefficient (Wildman–Crippen LogP) is 4.73. The molecule has 1 saturated heterocycles. The Hall–Kier alpha value is -3.18. The van der Waals surface area contributed by atoms with Gasteiger partial charge in [0.05, 0.1) is 0 Å². The highest BCUT2D eigenvalue weighted by molar-refractivity contribution is 5.92. The van der Waals surface area contributed by atoms with Crippen LogP contribution in [-0.4, -0.2) is 23.2 Å². The standard InChI is InChI=1S/C24H24N4O/c25-21(16-17-8-7-13-23(26-17)28-14-5-6-15-28)18-9-1-2-10-19(18)24-20-11-3-4-12-22(20)29-27-24/h1-4,7-13,21H,5-6,14-16,25H2. The molecule has 0 amide bonds. The minimum Gasteiger partial charge on any atom is -0.357 e. The molecule has 5 rings (SSSR count). The molecular formula is C24H24N4O. The molecule has 2 aromatic heterocycles. The molecule has 0 saturated carbocycles. The number of rotatable bonds is 5. The van der Waals surface area contributed by atoms with E-state index in [1.807, 2.05) is 36.4 Å². The van der Waals surface area contributed by atoms with Gasteiger partial charge in [0.15, 0.2) is 5.58 Å². The Morgan fingerprint density at radius 3 is 2.62 bits per heavy atom. The lowest BCUT2D eigenvalue weighted by molar-refractivity contribution is 0.459. The van der Waals surface area contributed by atoms with Crippen molar-refractivity contribution in [1.82, 2.24) is 10.1 Å². The van der Waals surface area contributed by atoms with Crippen LogP contribution in [0.1, 0.15) is 30.1 Å². The van der Waals surface area contributed by atoms with Crippen LogP contribution in [0.3, 0.4) is 0 Å². The first-order valence-corrected chi connectivity index (χ1v) is 10.2. The largest absolute Gasteiger partial charge is 0.357 e. The number of nitrogens with zero attached hydrogens (tertiary/aromatic N) is 3. The van der Waals surface area contributed by atoms with Crippen molar-refractivity contribution in [3.63, 3.8) is 0 Å².